The molecule has 0 amide bonds. The van der Waals surface area contributed by atoms with Gasteiger partial charge in [-0.25, -0.2) is 8.42 Å². The van der Waals surface area contributed by atoms with Crippen LogP contribution >= 0.6 is 0 Å². The largest absolute Gasteiger partial charge is 0.496 e. The molecule has 0 aliphatic carbocycles. The Labute approximate surface area is 103 Å². The molecule has 1 unspecified atom stereocenters. The lowest BCUT2D eigenvalue weighted by Gasteiger charge is -2.13. The second kappa shape index (κ2) is 5.40. The monoisotopic (exact) mass is 257 g/mol. The number of nitrogens with two attached hydrogens (primary N) is 1. The Morgan fingerprint density at radius 1 is 1.41 bits per heavy atom. The highest BCUT2D eigenvalue weighted by molar-refractivity contribution is 7.91. The first kappa shape index (κ1) is 13.8. The van der Waals surface area contributed by atoms with Crippen molar-refractivity contribution in [3.05, 3.63) is 23.8 Å². The molecule has 0 bridgehead atoms. The maximum absolute atomic E-state index is 12.0. The Morgan fingerprint density at radius 3 is 2.59 bits per heavy atom. The molecule has 0 fully saturated rings. The molecule has 2 N–H and O–H groups in total. The molecular weight excluding hydrogens is 238 g/mol. The molecule has 0 aliphatic rings. The van der Waals surface area contributed by atoms with Crippen LogP contribution in [-0.4, -0.2) is 20.8 Å². The Balaban J connectivity index is 3.06. The third-order valence-corrected chi connectivity index (χ3v) is 5.12. The van der Waals surface area contributed by atoms with Gasteiger partial charge >= 0.3 is 0 Å². The zero-order valence-electron chi connectivity index (χ0n) is 10.4. The Bertz CT molecular complexity index is 483. The summed E-state index contributed by atoms with van der Waals surface area (Å²) in [7, 11) is -1.63. The van der Waals surface area contributed by atoms with E-state index in [2.05, 4.69) is 0 Å². The van der Waals surface area contributed by atoms with Gasteiger partial charge < -0.3 is 10.5 Å². The van der Waals surface area contributed by atoms with Crippen LogP contribution in [0.4, 0.5) is 5.69 Å². The average Bonchev–Trinajstić information content (AvgIpc) is 2.27. The van der Waals surface area contributed by atoms with Crippen molar-refractivity contribution in [2.24, 2.45) is 0 Å². The maximum Gasteiger partial charge on any atom is 0.157 e. The van der Waals surface area contributed by atoms with Crippen molar-refractivity contribution in [3.63, 3.8) is 0 Å². The van der Waals surface area contributed by atoms with Crippen LogP contribution in [0.15, 0.2) is 18.2 Å². The number of hydrogen-bond acceptors (Lipinski definition) is 4. The summed E-state index contributed by atoms with van der Waals surface area (Å²) >= 11 is 0. The predicted octanol–water partition coefficient (Wildman–Crippen LogP) is 1.99. The van der Waals surface area contributed by atoms with Crippen molar-refractivity contribution >= 4 is 15.5 Å². The van der Waals surface area contributed by atoms with E-state index < -0.39 is 9.84 Å². The summed E-state index contributed by atoms with van der Waals surface area (Å²) in [5, 5.41) is -0.353. The minimum Gasteiger partial charge on any atom is -0.496 e. The maximum atomic E-state index is 12.0. The van der Waals surface area contributed by atoms with Gasteiger partial charge in [0.2, 0.25) is 0 Å². The van der Waals surface area contributed by atoms with Crippen LogP contribution in [0.3, 0.4) is 0 Å². The molecule has 0 spiro atoms. The van der Waals surface area contributed by atoms with Crippen LogP contribution in [0.2, 0.25) is 0 Å². The second-order valence-electron chi connectivity index (χ2n) is 4.10. The van der Waals surface area contributed by atoms with Gasteiger partial charge in [-0.1, -0.05) is 6.92 Å². The summed E-state index contributed by atoms with van der Waals surface area (Å²) < 4.78 is 29.2. The molecule has 1 aromatic carbocycles. The van der Waals surface area contributed by atoms with Crippen LogP contribution < -0.4 is 10.5 Å². The fraction of sp³-hybridized carbons (Fsp3) is 0.500. The van der Waals surface area contributed by atoms with E-state index in [0.717, 1.165) is 0 Å². The fourth-order valence-electron chi connectivity index (χ4n) is 1.52. The van der Waals surface area contributed by atoms with Crippen molar-refractivity contribution in [1.29, 1.82) is 0 Å². The summed E-state index contributed by atoms with van der Waals surface area (Å²) in [4.78, 5) is 0. The van der Waals surface area contributed by atoms with E-state index in [1.54, 1.807) is 25.1 Å². The molecule has 0 saturated carbocycles. The molecule has 1 atom stereocenters. The first-order chi connectivity index (χ1) is 7.90. The van der Waals surface area contributed by atoms with E-state index in [1.807, 2.05) is 6.92 Å². The first-order valence-electron chi connectivity index (χ1n) is 5.54. The van der Waals surface area contributed by atoms with Gasteiger partial charge in [-0.2, -0.15) is 0 Å². The minimum atomic E-state index is -3.15. The number of sulfone groups is 1. The first-order valence-corrected chi connectivity index (χ1v) is 7.26. The van der Waals surface area contributed by atoms with E-state index >= 15 is 0 Å². The summed E-state index contributed by atoms with van der Waals surface area (Å²) in [6.45, 7) is 3.58. The van der Waals surface area contributed by atoms with Crippen LogP contribution in [0.1, 0.15) is 25.8 Å². The molecule has 0 radical (unpaired) electrons. The molecule has 0 aromatic heterocycles. The van der Waals surface area contributed by atoms with E-state index in [1.165, 1.54) is 7.11 Å². The normalized spacial score (nSPS) is 13.4. The Kier molecular flexibility index (Phi) is 4.40. The molecule has 17 heavy (non-hydrogen) atoms. The summed E-state index contributed by atoms with van der Waals surface area (Å²) in [5.41, 5.74) is 6.82. The van der Waals surface area contributed by atoms with Gasteiger partial charge in [0.25, 0.3) is 0 Å². The fourth-order valence-corrected chi connectivity index (χ4v) is 2.98. The SMILES string of the molecule is CCC(C)S(=O)(=O)Cc1cc(N)ccc1OC. The van der Waals surface area contributed by atoms with Crippen molar-refractivity contribution in [2.45, 2.75) is 31.3 Å². The molecule has 0 aliphatic heterocycles. The van der Waals surface area contributed by atoms with Crippen LogP contribution in [-0.2, 0) is 15.6 Å². The molecular formula is C12H19NO3S. The summed E-state index contributed by atoms with van der Waals surface area (Å²) in [5.74, 6) is 0.530. The highest BCUT2D eigenvalue weighted by Crippen LogP contribution is 2.25. The second-order valence-corrected chi connectivity index (χ2v) is 6.52. The van der Waals surface area contributed by atoms with E-state index in [4.69, 9.17) is 10.5 Å². The molecule has 1 rings (SSSR count). The minimum absolute atomic E-state index is 0.0315. The predicted molar refractivity (Wildman–Crippen MR) is 69.8 cm³/mol. The average molecular weight is 257 g/mol. The van der Waals surface area contributed by atoms with E-state index in [9.17, 15) is 8.42 Å². The Morgan fingerprint density at radius 2 is 2.06 bits per heavy atom. The zero-order chi connectivity index (χ0) is 13.1. The Hall–Kier alpha value is -1.23. The number of nitrogen functional groups attached to an aromatic ring is 1. The van der Waals surface area contributed by atoms with Crippen molar-refractivity contribution in [2.75, 3.05) is 12.8 Å². The molecule has 4 nitrogen and oxygen atoms in total. The molecule has 96 valence electrons. The van der Waals surface area contributed by atoms with Gasteiger partial charge in [0.1, 0.15) is 5.75 Å². The van der Waals surface area contributed by atoms with Gasteiger partial charge in [-0.15, -0.1) is 0 Å². The van der Waals surface area contributed by atoms with Gasteiger partial charge in [0, 0.05) is 11.3 Å². The number of rotatable bonds is 5. The van der Waals surface area contributed by atoms with E-state index in [0.29, 0.717) is 23.4 Å². The highest BCUT2D eigenvalue weighted by atomic mass is 32.2. The molecule has 0 heterocycles. The lowest BCUT2D eigenvalue weighted by atomic mass is 10.2. The number of benzene rings is 1. The highest BCUT2D eigenvalue weighted by Gasteiger charge is 2.21. The number of anilines is 1. The van der Waals surface area contributed by atoms with Gasteiger partial charge in [-0.05, 0) is 31.5 Å². The van der Waals surface area contributed by atoms with Crippen molar-refractivity contribution in [1.82, 2.24) is 0 Å². The van der Waals surface area contributed by atoms with Crippen LogP contribution in [0.5, 0.6) is 5.75 Å². The van der Waals surface area contributed by atoms with Crippen molar-refractivity contribution < 1.29 is 13.2 Å². The van der Waals surface area contributed by atoms with Gasteiger partial charge in [0.05, 0.1) is 18.1 Å². The number of methoxy groups -OCH3 is 1. The zero-order valence-corrected chi connectivity index (χ0v) is 11.3. The summed E-state index contributed by atoms with van der Waals surface area (Å²) in [6.07, 6.45) is 0.604. The molecule has 5 heteroatoms. The molecule has 1 aromatic rings. The smallest absolute Gasteiger partial charge is 0.157 e. The summed E-state index contributed by atoms with van der Waals surface area (Å²) in [6, 6.07) is 5.04. The third-order valence-electron chi connectivity index (χ3n) is 2.85. The van der Waals surface area contributed by atoms with Gasteiger partial charge in [-0.3, -0.25) is 0 Å². The topological polar surface area (TPSA) is 69.4 Å². The number of ether oxygens (including phenoxy) is 1. The van der Waals surface area contributed by atoms with Crippen molar-refractivity contribution in [3.8, 4) is 5.75 Å². The van der Waals surface area contributed by atoms with Crippen LogP contribution in [0, 0.1) is 0 Å². The quantitative estimate of drug-likeness (QED) is 0.819. The molecule has 0 saturated heterocycles. The third kappa shape index (κ3) is 3.36. The number of hydrogen-bond donors (Lipinski definition) is 1. The lowest BCUT2D eigenvalue weighted by Crippen LogP contribution is -2.19. The van der Waals surface area contributed by atoms with Crippen LogP contribution in [0.25, 0.3) is 0 Å². The van der Waals surface area contributed by atoms with E-state index in [-0.39, 0.29) is 11.0 Å². The van der Waals surface area contributed by atoms with Gasteiger partial charge in [0.15, 0.2) is 9.84 Å². The lowest BCUT2D eigenvalue weighted by molar-refractivity contribution is 0.411. The standard InChI is InChI=1S/C12H19NO3S/c1-4-9(2)17(14,15)8-10-7-11(13)5-6-12(10)16-3/h5-7,9H,4,8,13H2,1-3H3.